The molecule has 1 aromatic rings. The molecule has 3 nitrogen and oxygen atoms in total. The molecular weight excluding hydrogens is 375 g/mol. The Bertz CT molecular complexity index is 461. The number of halogens is 2. The lowest BCUT2D eigenvalue weighted by molar-refractivity contribution is 0.0923. The first-order chi connectivity index (χ1) is 9.11. The van der Waals surface area contributed by atoms with E-state index in [9.17, 15) is 4.79 Å². The second-order valence-electron chi connectivity index (χ2n) is 4.98. The van der Waals surface area contributed by atoms with Gasteiger partial charge in [-0.05, 0) is 59.5 Å². The van der Waals surface area contributed by atoms with Gasteiger partial charge in [-0.2, -0.15) is 0 Å². The number of amides is 1. The van der Waals surface area contributed by atoms with Crippen LogP contribution in [0.4, 0.5) is 0 Å². The number of carbonyl (C=O) groups excluding carboxylic acids is 1. The van der Waals surface area contributed by atoms with Crippen LogP contribution in [0, 0.1) is 9.49 Å². The highest BCUT2D eigenvalue weighted by Crippen LogP contribution is 2.27. The molecule has 1 aliphatic rings. The average Bonchev–Trinajstić information content (AvgIpc) is 2.92. The van der Waals surface area contributed by atoms with Gasteiger partial charge in [0.25, 0.3) is 5.91 Å². The molecular formula is C14H18ClIN2O. The molecule has 0 heterocycles. The molecule has 1 aromatic carbocycles. The van der Waals surface area contributed by atoms with Crippen molar-refractivity contribution >= 4 is 40.1 Å². The first kappa shape index (κ1) is 15.1. The van der Waals surface area contributed by atoms with Crippen molar-refractivity contribution in [3.8, 4) is 0 Å². The van der Waals surface area contributed by atoms with Crippen LogP contribution in [-0.4, -0.2) is 18.5 Å². The van der Waals surface area contributed by atoms with Gasteiger partial charge in [0, 0.05) is 21.2 Å². The molecule has 0 aliphatic heterocycles. The molecule has 19 heavy (non-hydrogen) atoms. The highest BCUT2D eigenvalue weighted by molar-refractivity contribution is 14.1. The van der Waals surface area contributed by atoms with Gasteiger partial charge in [-0.25, -0.2) is 0 Å². The van der Waals surface area contributed by atoms with Crippen LogP contribution in [0.1, 0.15) is 36.0 Å². The van der Waals surface area contributed by atoms with Crippen molar-refractivity contribution < 1.29 is 4.79 Å². The minimum Gasteiger partial charge on any atom is -0.348 e. The summed E-state index contributed by atoms with van der Waals surface area (Å²) in [4.78, 5) is 12.3. The zero-order valence-corrected chi connectivity index (χ0v) is 13.6. The van der Waals surface area contributed by atoms with Gasteiger partial charge in [0.1, 0.15) is 0 Å². The summed E-state index contributed by atoms with van der Waals surface area (Å²) in [6.07, 6.45) is 4.81. The van der Waals surface area contributed by atoms with Crippen LogP contribution in [0.15, 0.2) is 18.2 Å². The summed E-state index contributed by atoms with van der Waals surface area (Å²) in [5.74, 6) is 0.444. The van der Waals surface area contributed by atoms with Gasteiger partial charge in [0.05, 0.1) is 5.56 Å². The number of carbonyl (C=O) groups is 1. The quantitative estimate of drug-likeness (QED) is 0.773. The van der Waals surface area contributed by atoms with Crippen LogP contribution in [0.3, 0.4) is 0 Å². The molecule has 5 heteroatoms. The zero-order valence-electron chi connectivity index (χ0n) is 10.7. The van der Waals surface area contributed by atoms with E-state index >= 15 is 0 Å². The lowest BCUT2D eigenvalue weighted by atomic mass is 9.98. The standard InChI is InChI=1S/C14H18ClIN2O/c15-10-5-6-12(16)11(7-10)14(19)18-13(8-17)9-3-1-2-4-9/h5-7,9,13H,1-4,8,17H2,(H,18,19). The monoisotopic (exact) mass is 392 g/mol. The van der Waals surface area contributed by atoms with Gasteiger partial charge in [-0.3, -0.25) is 4.79 Å². The van der Waals surface area contributed by atoms with Crippen molar-refractivity contribution in [2.45, 2.75) is 31.7 Å². The van der Waals surface area contributed by atoms with Crippen LogP contribution < -0.4 is 11.1 Å². The Hall–Kier alpha value is -0.330. The SMILES string of the molecule is NCC(NC(=O)c1cc(Cl)ccc1I)C1CCCC1. The summed E-state index contributed by atoms with van der Waals surface area (Å²) in [5.41, 5.74) is 6.43. The fraction of sp³-hybridized carbons (Fsp3) is 0.500. The van der Waals surface area contributed by atoms with Gasteiger partial charge in [-0.1, -0.05) is 24.4 Å². The molecule has 0 saturated heterocycles. The maximum Gasteiger partial charge on any atom is 0.252 e. The second-order valence-corrected chi connectivity index (χ2v) is 6.58. The molecule has 1 aliphatic carbocycles. The van der Waals surface area contributed by atoms with E-state index in [1.54, 1.807) is 12.1 Å². The lowest BCUT2D eigenvalue weighted by Crippen LogP contribution is -2.44. The molecule has 104 valence electrons. The molecule has 0 radical (unpaired) electrons. The lowest BCUT2D eigenvalue weighted by Gasteiger charge is -2.23. The molecule has 0 bridgehead atoms. The van der Waals surface area contributed by atoms with E-state index in [1.807, 2.05) is 6.07 Å². The maximum absolute atomic E-state index is 12.3. The van der Waals surface area contributed by atoms with Crippen LogP contribution in [0.25, 0.3) is 0 Å². The Morgan fingerprint density at radius 2 is 2.16 bits per heavy atom. The van der Waals surface area contributed by atoms with Crippen molar-refractivity contribution in [2.75, 3.05) is 6.54 Å². The Kier molecular flexibility index (Phi) is 5.47. The van der Waals surface area contributed by atoms with Gasteiger partial charge < -0.3 is 11.1 Å². The number of nitrogens with two attached hydrogens (primary N) is 1. The summed E-state index contributed by atoms with van der Waals surface area (Å²) in [5, 5.41) is 3.64. The molecule has 1 saturated carbocycles. The van der Waals surface area contributed by atoms with E-state index in [2.05, 4.69) is 27.9 Å². The third kappa shape index (κ3) is 3.83. The highest BCUT2D eigenvalue weighted by atomic mass is 127. The Morgan fingerprint density at radius 3 is 2.79 bits per heavy atom. The number of benzene rings is 1. The highest BCUT2D eigenvalue weighted by Gasteiger charge is 2.26. The van der Waals surface area contributed by atoms with Crippen LogP contribution in [0.5, 0.6) is 0 Å². The first-order valence-corrected chi connectivity index (χ1v) is 8.03. The third-order valence-electron chi connectivity index (χ3n) is 3.71. The summed E-state index contributed by atoms with van der Waals surface area (Å²) in [6.45, 7) is 0.494. The smallest absolute Gasteiger partial charge is 0.252 e. The number of rotatable bonds is 4. The molecule has 1 fully saturated rings. The topological polar surface area (TPSA) is 55.1 Å². The fourth-order valence-electron chi connectivity index (χ4n) is 2.65. The van der Waals surface area contributed by atoms with Crippen LogP contribution in [-0.2, 0) is 0 Å². The van der Waals surface area contributed by atoms with E-state index < -0.39 is 0 Å². The molecule has 1 amide bonds. The summed E-state index contributed by atoms with van der Waals surface area (Å²) in [7, 11) is 0. The largest absolute Gasteiger partial charge is 0.348 e. The number of hydrogen-bond donors (Lipinski definition) is 2. The fourth-order valence-corrected chi connectivity index (χ4v) is 3.40. The van der Waals surface area contributed by atoms with E-state index in [-0.39, 0.29) is 11.9 Å². The Labute approximate surface area is 132 Å². The van der Waals surface area contributed by atoms with Crippen molar-refractivity contribution in [3.63, 3.8) is 0 Å². The van der Waals surface area contributed by atoms with Gasteiger partial charge in [0.15, 0.2) is 0 Å². The Balaban J connectivity index is 2.08. The molecule has 2 rings (SSSR count). The van der Waals surface area contributed by atoms with E-state index in [0.717, 1.165) is 16.4 Å². The van der Waals surface area contributed by atoms with Gasteiger partial charge in [0.2, 0.25) is 0 Å². The zero-order chi connectivity index (χ0) is 13.8. The predicted octanol–water partition coefficient (Wildman–Crippen LogP) is 3.19. The number of nitrogens with one attached hydrogen (secondary N) is 1. The molecule has 0 spiro atoms. The van der Waals surface area contributed by atoms with Crippen molar-refractivity contribution in [1.29, 1.82) is 0 Å². The third-order valence-corrected chi connectivity index (χ3v) is 4.89. The molecule has 1 atom stereocenters. The predicted molar refractivity (Wildman–Crippen MR) is 86.4 cm³/mol. The van der Waals surface area contributed by atoms with Crippen molar-refractivity contribution in [2.24, 2.45) is 11.7 Å². The van der Waals surface area contributed by atoms with E-state index in [4.69, 9.17) is 17.3 Å². The normalized spacial score (nSPS) is 17.4. The summed E-state index contributed by atoms with van der Waals surface area (Å²) in [6, 6.07) is 5.42. The minimum atomic E-state index is -0.0748. The summed E-state index contributed by atoms with van der Waals surface area (Å²) >= 11 is 8.10. The van der Waals surface area contributed by atoms with Gasteiger partial charge >= 0.3 is 0 Å². The Morgan fingerprint density at radius 1 is 1.47 bits per heavy atom. The average molecular weight is 393 g/mol. The van der Waals surface area contributed by atoms with E-state index in [0.29, 0.717) is 23.0 Å². The number of hydrogen-bond acceptors (Lipinski definition) is 2. The molecule has 0 aromatic heterocycles. The van der Waals surface area contributed by atoms with Crippen molar-refractivity contribution in [3.05, 3.63) is 32.4 Å². The van der Waals surface area contributed by atoms with Crippen LogP contribution >= 0.6 is 34.2 Å². The first-order valence-electron chi connectivity index (χ1n) is 6.58. The van der Waals surface area contributed by atoms with E-state index in [1.165, 1.54) is 12.8 Å². The molecule has 3 N–H and O–H groups in total. The molecule has 1 unspecified atom stereocenters. The summed E-state index contributed by atoms with van der Waals surface area (Å²) < 4.78 is 0.904. The second kappa shape index (κ2) is 6.90. The van der Waals surface area contributed by atoms with Crippen molar-refractivity contribution in [1.82, 2.24) is 5.32 Å². The van der Waals surface area contributed by atoms with Crippen LogP contribution in [0.2, 0.25) is 5.02 Å². The minimum absolute atomic E-state index is 0.0739. The van der Waals surface area contributed by atoms with Gasteiger partial charge in [-0.15, -0.1) is 0 Å². The maximum atomic E-state index is 12.3.